The number of hydrogen-bond donors (Lipinski definition) is 1. The van der Waals surface area contributed by atoms with Crippen LogP contribution in [0.4, 0.5) is 0 Å². The molecule has 76 valence electrons. The molecule has 0 saturated carbocycles. The number of nitrogens with zero attached hydrogens (tertiary/aromatic N) is 1. The Balaban J connectivity index is 2.28. The van der Waals surface area contributed by atoms with E-state index in [4.69, 9.17) is 0 Å². The lowest BCUT2D eigenvalue weighted by Crippen LogP contribution is -3.36. The predicted octanol–water partition coefficient (Wildman–Crippen LogP) is -1.29. The van der Waals surface area contributed by atoms with Crippen molar-refractivity contribution in [3.63, 3.8) is 0 Å². The van der Waals surface area contributed by atoms with Crippen LogP contribution in [0.5, 0.6) is 0 Å². The number of aromatic nitrogens is 2. The van der Waals surface area contributed by atoms with Crippen molar-refractivity contribution in [1.82, 2.24) is 9.97 Å². The molecular weight excluding hydrogens is 314 g/mol. The summed E-state index contributed by atoms with van der Waals surface area (Å²) in [5.41, 5.74) is 2.64. The maximum Gasteiger partial charge on any atom is 0.195 e. The van der Waals surface area contributed by atoms with Gasteiger partial charge in [-0.2, -0.15) is 0 Å². The fourth-order valence-electron chi connectivity index (χ4n) is 1.63. The molecule has 2 nitrogen and oxygen atoms in total. The van der Waals surface area contributed by atoms with Crippen LogP contribution in [0, 0.1) is 0 Å². The van der Waals surface area contributed by atoms with Crippen LogP contribution in [0.1, 0.15) is 16.0 Å². The SMILES string of the molecule is [I-][CH2][Al][CH](c1ccccc1)c1cnc[nH]1. The van der Waals surface area contributed by atoms with Gasteiger partial charge in [-0.25, -0.2) is 8.27 Å². The predicted molar refractivity (Wildman–Crippen MR) is 57.5 cm³/mol. The summed E-state index contributed by atoms with van der Waals surface area (Å²) in [5, 5.41) is 0. The van der Waals surface area contributed by atoms with E-state index in [1.165, 1.54) is 14.5 Å². The van der Waals surface area contributed by atoms with Crippen molar-refractivity contribution in [1.29, 1.82) is 0 Å². The molecule has 1 unspecified atom stereocenters. The van der Waals surface area contributed by atoms with Gasteiger partial charge in [0.25, 0.3) is 0 Å². The number of H-pyrrole nitrogens is 1. The monoisotopic (exact) mass is 325 g/mol. The van der Waals surface area contributed by atoms with Crippen molar-refractivity contribution in [2.75, 3.05) is 3.29 Å². The van der Waals surface area contributed by atoms with Crippen LogP contribution in [0.25, 0.3) is 0 Å². The van der Waals surface area contributed by atoms with E-state index in [1.807, 2.05) is 6.20 Å². The van der Waals surface area contributed by atoms with E-state index in [9.17, 15) is 0 Å². The second-order valence-corrected chi connectivity index (χ2v) is 7.37. The molecule has 0 saturated heterocycles. The normalized spacial score (nSPS) is 12.3. The third-order valence-corrected chi connectivity index (χ3v) is 5.26. The molecule has 2 rings (SSSR count). The number of rotatable bonds is 4. The van der Waals surface area contributed by atoms with E-state index in [1.54, 1.807) is 6.33 Å². The van der Waals surface area contributed by atoms with E-state index in [0.717, 1.165) is 0 Å². The summed E-state index contributed by atoms with van der Waals surface area (Å²) >= 11 is 2.85. The zero-order valence-corrected chi connectivity index (χ0v) is 11.5. The van der Waals surface area contributed by atoms with Crippen LogP contribution in [-0.4, -0.2) is 28.5 Å². The fourth-order valence-corrected chi connectivity index (χ4v) is 4.26. The van der Waals surface area contributed by atoms with Gasteiger partial charge in [0.15, 0.2) is 15.2 Å². The highest BCUT2D eigenvalue weighted by atomic mass is 127. The molecule has 0 amide bonds. The van der Waals surface area contributed by atoms with Gasteiger partial charge >= 0.3 is 0 Å². The van der Waals surface area contributed by atoms with Crippen molar-refractivity contribution in [2.45, 2.75) is 4.78 Å². The van der Waals surface area contributed by atoms with E-state index >= 15 is 0 Å². The fraction of sp³-hybridized carbons (Fsp3) is 0.182. The third kappa shape index (κ3) is 2.84. The van der Waals surface area contributed by atoms with Crippen LogP contribution in [-0.2, 0) is 0 Å². The second-order valence-electron chi connectivity index (χ2n) is 3.29. The van der Waals surface area contributed by atoms with E-state index in [2.05, 4.69) is 62.9 Å². The standard InChI is InChI=1S/C10H9N2.CH2I.Al/c1-2-4-9(5-3-1)6-10-7-11-8-12-10;1-2;/h1-8H,(H,11,12);1H2;/q;-1;. The number of benzene rings is 1. The summed E-state index contributed by atoms with van der Waals surface area (Å²) in [4.78, 5) is 7.33. The number of aromatic amines is 1. The third-order valence-electron chi connectivity index (χ3n) is 2.34. The molecule has 2 radical (unpaired) electrons. The lowest BCUT2D eigenvalue weighted by Gasteiger charge is -2.16. The molecule has 0 fully saturated rings. The van der Waals surface area contributed by atoms with Crippen molar-refractivity contribution in [3.8, 4) is 0 Å². The first-order valence-electron chi connectivity index (χ1n) is 4.84. The zero-order valence-electron chi connectivity index (χ0n) is 8.23. The van der Waals surface area contributed by atoms with E-state index < -0.39 is 0 Å². The Hall–Kier alpha value is -0.308. The number of hydrogen-bond acceptors (Lipinski definition) is 1. The molecule has 2 aromatic rings. The van der Waals surface area contributed by atoms with Crippen LogP contribution in [0.15, 0.2) is 42.9 Å². The molecule has 0 aliphatic heterocycles. The van der Waals surface area contributed by atoms with Gasteiger partial charge in [0.05, 0.1) is 6.33 Å². The topological polar surface area (TPSA) is 28.7 Å². The first-order chi connectivity index (χ1) is 7.42. The molecule has 1 aromatic carbocycles. The van der Waals surface area contributed by atoms with Gasteiger partial charge in [-0.15, -0.1) is 0 Å². The van der Waals surface area contributed by atoms with Crippen LogP contribution in [0.2, 0.25) is 0 Å². The van der Waals surface area contributed by atoms with Crippen LogP contribution >= 0.6 is 0 Å². The Kier molecular flexibility index (Phi) is 4.24. The molecule has 1 N–H and O–H groups in total. The highest BCUT2D eigenvalue weighted by Crippen LogP contribution is 2.20. The number of nitrogens with one attached hydrogen (secondary N) is 1. The lowest BCUT2D eigenvalue weighted by molar-refractivity contribution is -0.342. The molecule has 4 heteroatoms. The van der Waals surface area contributed by atoms with Gasteiger partial charge in [0, 0.05) is 11.9 Å². The van der Waals surface area contributed by atoms with Crippen molar-refractivity contribution in [2.24, 2.45) is 0 Å². The van der Waals surface area contributed by atoms with Crippen LogP contribution in [0.3, 0.4) is 0 Å². The molecule has 15 heavy (non-hydrogen) atoms. The summed E-state index contributed by atoms with van der Waals surface area (Å²) in [7, 11) is 0. The van der Waals surface area contributed by atoms with Crippen molar-refractivity contribution >= 4 is 15.2 Å². The molecule has 0 bridgehead atoms. The molecular formula is C11H11AlIN2-. The molecule has 1 aromatic heterocycles. The molecule has 1 heterocycles. The maximum absolute atomic E-state index is 4.11. The van der Waals surface area contributed by atoms with Gasteiger partial charge in [-0.1, -0.05) is 35.9 Å². The molecule has 0 aliphatic rings. The number of halogens is 1. The first-order valence-corrected chi connectivity index (χ1v) is 7.85. The van der Waals surface area contributed by atoms with Crippen molar-refractivity contribution in [3.05, 3.63) is 54.1 Å². The minimum absolute atomic E-state index is 0.389. The Labute approximate surface area is 109 Å². The van der Waals surface area contributed by atoms with Gasteiger partial charge in [-0.05, 0) is 4.78 Å². The highest BCUT2D eigenvalue weighted by molar-refractivity contribution is 6.38. The average Bonchev–Trinajstić information content (AvgIpc) is 2.80. The lowest BCUT2D eigenvalue weighted by atomic mass is 10.1. The Morgan fingerprint density at radius 3 is 2.73 bits per heavy atom. The van der Waals surface area contributed by atoms with Gasteiger partial charge in [-0.3, -0.25) is 0 Å². The van der Waals surface area contributed by atoms with Gasteiger partial charge in [0.1, 0.15) is 0 Å². The summed E-state index contributed by atoms with van der Waals surface area (Å²) in [6, 6.07) is 10.7. The summed E-state index contributed by atoms with van der Waals surface area (Å²) in [6.07, 6.45) is 3.70. The minimum atomic E-state index is 0.389. The summed E-state index contributed by atoms with van der Waals surface area (Å²) < 4.78 is 1.77. The van der Waals surface area contributed by atoms with E-state index in [0.29, 0.717) is 20.0 Å². The van der Waals surface area contributed by atoms with Crippen molar-refractivity contribution < 1.29 is 22.6 Å². The van der Waals surface area contributed by atoms with Gasteiger partial charge in [0.2, 0.25) is 0 Å². The quantitative estimate of drug-likeness (QED) is 0.423. The van der Waals surface area contributed by atoms with Gasteiger partial charge < -0.3 is 27.6 Å². The second kappa shape index (κ2) is 5.69. The Bertz CT molecular complexity index is 388. The Morgan fingerprint density at radius 2 is 2.13 bits per heavy atom. The van der Waals surface area contributed by atoms with Crippen LogP contribution < -0.4 is 22.6 Å². The largest absolute Gasteiger partial charge is 0.813 e. The highest BCUT2D eigenvalue weighted by Gasteiger charge is 2.13. The van der Waals surface area contributed by atoms with E-state index in [-0.39, 0.29) is 0 Å². The first kappa shape index (κ1) is 11.2. The smallest absolute Gasteiger partial charge is 0.195 e. The molecule has 0 spiro atoms. The summed E-state index contributed by atoms with van der Waals surface area (Å²) in [6.45, 7) is 0. The molecule has 0 aliphatic carbocycles. The maximum atomic E-state index is 4.11. The summed E-state index contributed by atoms with van der Waals surface area (Å²) in [5.74, 6) is 0. The Morgan fingerprint density at radius 1 is 1.33 bits per heavy atom. The minimum Gasteiger partial charge on any atom is -0.813 e. The average molecular weight is 325 g/mol. The number of imidazole rings is 1. The molecule has 1 atom stereocenters. The number of alkyl halides is 1. The zero-order chi connectivity index (χ0) is 10.5.